The first-order valence-electron chi connectivity index (χ1n) is 11.1. The quantitative estimate of drug-likeness (QED) is 0.299. The molecule has 3 unspecified atom stereocenters. The summed E-state index contributed by atoms with van der Waals surface area (Å²) in [5, 5.41) is 16.4. The zero-order valence-electron chi connectivity index (χ0n) is 19.5. The van der Waals surface area contributed by atoms with Gasteiger partial charge < -0.3 is 31.1 Å². The molecule has 2 aliphatic rings. The number of ether oxygens (including phenoxy) is 1. The number of rotatable bonds is 9. The van der Waals surface area contributed by atoms with Crippen molar-refractivity contribution in [1.82, 2.24) is 24.8 Å². The second kappa shape index (κ2) is 11.4. The fourth-order valence-corrected chi connectivity index (χ4v) is 5.17. The first-order valence-corrected chi connectivity index (χ1v) is 12.2. The van der Waals surface area contributed by atoms with Gasteiger partial charge in [0, 0.05) is 13.1 Å². The number of carboxylic acid groups (broad SMARTS) is 1. The highest BCUT2D eigenvalue weighted by Crippen LogP contribution is 2.32. The zero-order chi connectivity index (χ0) is 26.6. The van der Waals surface area contributed by atoms with Crippen LogP contribution in [0.15, 0.2) is 0 Å². The van der Waals surface area contributed by atoms with Crippen LogP contribution in [-0.2, 0) is 23.9 Å². The van der Waals surface area contributed by atoms with Crippen molar-refractivity contribution < 1.29 is 38.6 Å². The summed E-state index contributed by atoms with van der Waals surface area (Å²) < 4.78 is 5.96. The molecule has 0 spiro atoms. The van der Waals surface area contributed by atoms with Crippen LogP contribution in [0.3, 0.4) is 0 Å². The number of nitrogens with two attached hydrogens (primary N) is 2. The molecule has 3 atom stereocenters. The van der Waals surface area contributed by atoms with Gasteiger partial charge in [0.2, 0.25) is 11.8 Å². The summed E-state index contributed by atoms with van der Waals surface area (Å²) in [7, 11) is 1.22. The maximum absolute atomic E-state index is 13.6. The van der Waals surface area contributed by atoms with Crippen molar-refractivity contribution in [2.45, 2.75) is 43.8 Å². The van der Waals surface area contributed by atoms with Gasteiger partial charge in [-0.05, 0) is 25.7 Å². The van der Waals surface area contributed by atoms with Crippen molar-refractivity contribution in [3.8, 4) is 0 Å². The lowest BCUT2D eigenvalue weighted by atomic mass is 9.95. The summed E-state index contributed by atoms with van der Waals surface area (Å²) in [6.07, 6.45) is 1.20. The van der Waals surface area contributed by atoms with E-state index in [9.17, 15) is 28.8 Å². The molecule has 2 aliphatic heterocycles. The minimum Gasteiger partial charge on any atom is -0.481 e. The van der Waals surface area contributed by atoms with E-state index in [0.717, 1.165) is 16.4 Å². The second-order valence-electron chi connectivity index (χ2n) is 8.34. The molecule has 5 N–H and O–H groups in total. The maximum Gasteiger partial charge on any atom is 0.328 e. The zero-order valence-corrected chi connectivity index (χ0v) is 20.3. The third kappa shape index (κ3) is 5.58. The Kier molecular flexibility index (Phi) is 8.49. The lowest BCUT2D eigenvalue weighted by Crippen LogP contribution is -2.57. The smallest absolute Gasteiger partial charge is 0.328 e. The SMILES string of the molecule is COC(=O)C1CCCN1C(=O)C1CC(n2nnc(C(N)=O)c2C(N)=O)CCN1C(=O)CSCC(=O)O. The summed E-state index contributed by atoms with van der Waals surface area (Å²) in [6, 6.07) is -2.49. The topological polar surface area (TPSA) is 221 Å². The van der Waals surface area contributed by atoms with Crippen molar-refractivity contribution in [3.63, 3.8) is 0 Å². The Morgan fingerprint density at radius 2 is 1.75 bits per heavy atom. The van der Waals surface area contributed by atoms with Crippen LogP contribution in [0, 0.1) is 0 Å². The van der Waals surface area contributed by atoms with E-state index in [4.69, 9.17) is 21.3 Å². The van der Waals surface area contributed by atoms with Gasteiger partial charge in [0.1, 0.15) is 12.1 Å². The Bertz CT molecular complexity index is 1080. The predicted octanol–water partition coefficient (Wildman–Crippen LogP) is -2.01. The van der Waals surface area contributed by atoms with Crippen molar-refractivity contribution in [2.75, 3.05) is 31.7 Å². The van der Waals surface area contributed by atoms with Gasteiger partial charge in [0.15, 0.2) is 11.4 Å². The minimum absolute atomic E-state index is 0.0135. The van der Waals surface area contributed by atoms with E-state index in [-0.39, 0.29) is 43.1 Å². The molecule has 1 aromatic heterocycles. The fourth-order valence-electron chi connectivity index (χ4n) is 4.56. The predicted molar refractivity (Wildman–Crippen MR) is 123 cm³/mol. The van der Waals surface area contributed by atoms with Gasteiger partial charge in [-0.25, -0.2) is 9.48 Å². The molecule has 4 amide bonds. The van der Waals surface area contributed by atoms with Crippen LogP contribution in [0.25, 0.3) is 0 Å². The number of aliphatic carboxylic acids is 1. The van der Waals surface area contributed by atoms with E-state index < -0.39 is 59.4 Å². The van der Waals surface area contributed by atoms with Gasteiger partial charge in [-0.2, -0.15) is 0 Å². The highest BCUT2D eigenvalue weighted by molar-refractivity contribution is 8.00. The molecule has 0 bridgehead atoms. The van der Waals surface area contributed by atoms with Crippen LogP contribution in [0.5, 0.6) is 0 Å². The number of carbonyl (C=O) groups excluding carboxylic acids is 5. The molecule has 36 heavy (non-hydrogen) atoms. The average molecular weight is 526 g/mol. The standard InChI is InChI=1S/C20H27N7O8S/c1-35-20(34)11-3-2-5-26(11)19(33)12-7-10(4-6-25(12)13(28)8-36-9-14(29)30)27-16(18(22)32)15(17(21)31)23-24-27/h10-12H,2-9H2,1H3,(H2,21,31)(H2,22,32)(H,29,30). The Morgan fingerprint density at radius 3 is 2.36 bits per heavy atom. The van der Waals surface area contributed by atoms with Gasteiger partial charge in [-0.15, -0.1) is 16.9 Å². The summed E-state index contributed by atoms with van der Waals surface area (Å²) in [5.41, 5.74) is 10.0. The minimum atomic E-state index is -1.08. The molecule has 0 saturated carbocycles. The van der Waals surface area contributed by atoms with Crippen LogP contribution in [0.4, 0.5) is 0 Å². The van der Waals surface area contributed by atoms with E-state index in [1.807, 2.05) is 0 Å². The monoisotopic (exact) mass is 525 g/mol. The van der Waals surface area contributed by atoms with Gasteiger partial charge in [-0.3, -0.25) is 24.0 Å². The van der Waals surface area contributed by atoms with Gasteiger partial charge in [0.25, 0.3) is 11.8 Å². The number of carboxylic acids is 1. The number of carbonyl (C=O) groups is 6. The van der Waals surface area contributed by atoms with Crippen LogP contribution in [0.1, 0.15) is 52.7 Å². The van der Waals surface area contributed by atoms with Crippen LogP contribution >= 0.6 is 11.8 Å². The van der Waals surface area contributed by atoms with Crippen molar-refractivity contribution in [1.29, 1.82) is 0 Å². The van der Waals surface area contributed by atoms with Crippen LogP contribution < -0.4 is 11.5 Å². The largest absolute Gasteiger partial charge is 0.481 e. The third-order valence-electron chi connectivity index (χ3n) is 6.15. The fraction of sp³-hybridized carbons (Fsp3) is 0.600. The number of nitrogens with zero attached hydrogens (tertiary/aromatic N) is 5. The van der Waals surface area contributed by atoms with Crippen molar-refractivity contribution in [3.05, 3.63) is 11.4 Å². The number of thioether (sulfide) groups is 1. The number of hydrogen-bond acceptors (Lipinski definition) is 10. The number of esters is 1. The van der Waals surface area contributed by atoms with Crippen molar-refractivity contribution >= 4 is 47.3 Å². The summed E-state index contributed by atoms with van der Waals surface area (Å²) in [4.78, 5) is 76.1. The van der Waals surface area contributed by atoms with Crippen LogP contribution in [-0.4, -0.2) is 109 Å². The Labute approximate surface area is 209 Å². The molecule has 1 aromatic rings. The van der Waals surface area contributed by atoms with Gasteiger partial charge >= 0.3 is 11.9 Å². The molecule has 2 saturated heterocycles. The van der Waals surface area contributed by atoms with E-state index in [1.165, 1.54) is 16.9 Å². The number of piperidine rings is 1. The number of aromatic nitrogens is 3. The third-order valence-corrected chi connectivity index (χ3v) is 7.05. The van der Waals surface area contributed by atoms with Crippen LogP contribution in [0.2, 0.25) is 0 Å². The summed E-state index contributed by atoms with van der Waals surface area (Å²) in [6.45, 7) is 0.353. The number of amides is 4. The van der Waals surface area contributed by atoms with E-state index in [2.05, 4.69) is 10.3 Å². The molecule has 0 aromatic carbocycles. The number of hydrogen-bond donors (Lipinski definition) is 3. The first-order chi connectivity index (χ1) is 17.1. The van der Waals surface area contributed by atoms with Crippen molar-refractivity contribution in [2.24, 2.45) is 11.5 Å². The highest BCUT2D eigenvalue weighted by atomic mass is 32.2. The molecule has 3 heterocycles. The number of primary amides is 2. The molecule has 3 rings (SSSR count). The molecular weight excluding hydrogens is 498 g/mol. The van der Waals surface area contributed by atoms with E-state index in [1.54, 1.807) is 0 Å². The second-order valence-corrected chi connectivity index (χ2v) is 9.33. The van der Waals surface area contributed by atoms with Gasteiger partial charge in [0.05, 0.1) is 24.7 Å². The van der Waals surface area contributed by atoms with E-state index >= 15 is 0 Å². The molecular formula is C20H27N7O8S. The molecule has 16 heteroatoms. The van der Waals surface area contributed by atoms with Gasteiger partial charge in [-0.1, -0.05) is 5.21 Å². The Hall–Kier alpha value is -3.69. The van der Waals surface area contributed by atoms with E-state index in [0.29, 0.717) is 12.8 Å². The molecule has 196 valence electrons. The normalized spacial score (nSPS) is 21.8. The summed E-state index contributed by atoms with van der Waals surface area (Å²) in [5.74, 6) is -5.00. The molecule has 2 fully saturated rings. The lowest BCUT2D eigenvalue weighted by Gasteiger charge is -2.40. The molecule has 0 aliphatic carbocycles. The maximum atomic E-state index is 13.6. The molecule has 15 nitrogen and oxygen atoms in total. The number of likely N-dealkylation sites (tertiary alicyclic amines) is 2. The average Bonchev–Trinajstić information content (AvgIpc) is 3.50. The Morgan fingerprint density at radius 1 is 1.03 bits per heavy atom. The molecule has 0 radical (unpaired) electrons. The highest BCUT2D eigenvalue weighted by Gasteiger charge is 2.44. The summed E-state index contributed by atoms with van der Waals surface area (Å²) >= 11 is 0.898. The lowest BCUT2D eigenvalue weighted by molar-refractivity contribution is -0.155. The first kappa shape index (κ1) is 26.9. The number of methoxy groups -OCH3 is 1. The Balaban J connectivity index is 1.91.